The molecule has 0 radical (unpaired) electrons. The van der Waals surface area contributed by atoms with Crippen LogP contribution in [-0.2, 0) is 0 Å². The molecule has 0 spiro atoms. The highest BCUT2D eigenvalue weighted by atomic mass is 35.5. The summed E-state index contributed by atoms with van der Waals surface area (Å²) >= 11 is 24.1. The normalized spacial score (nSPS) is 10.9. The van der Waals surface area contributed by atoms with Gasteiger partial charge in [-0.25, -0.2) is 9.59 Å². The Morgan fingerprint density at radius 1 is 0.667 bits per heavy atom. The fourth-order valence-corrected chi connectivity index (χ4v) is 4.03. The number of carbonyl (C=O) groups excluding carboxylic acids is 2. The summed E-state index contributed by atoms with van der Waals surface area (Å²) in [6.07, 6.45) is 1.53. The molecule has 0 amide bonds. The molecule has 36 heavy (non-hydrogen) atoms. The molecule has 0 unspecified atom stereocenters. The smallest absolute Gasteiger partial charge is 0.345 e. The molecule has 0 aliphatic heterocycles. The van der Waals surface area contributed by atoms with Crippen LogP contribution in [0.4, 0.5) is 5.69 Å². The molecule has 4 aromatic rings. The van der Waals surface area contributed by atoms with Crippen molar-refractivity contribution in [3.05, 3.63) is 122 Å². The van der Waals surface area contributed by atoms with Crippen LogP contribution in [0.25, 0.3) is 0 Å². The highest BCUT2D eigenvalue weighted by molar-refractivity contribution is 6.37. The number of carbonyl (C=O) groups is 2. The van der Waals surface area contributed by atoms with Gasteiger partial charge in [0, 0.05) is 27.9 Å². The monoisotopic (exact) mass is 557 g/mol. The number of nitrogens with zero attached hydrogens (tertiary/aromatic N) is 1. The fourth-order valence-electron chi connectivity index (χ4n) is 3.06. The molecule has 180 valence electrons. The van der Waals surface area contributed by atoms with Crippen molar-refractivity contribution in [1.29, 1.82) is 0 Å². The van der Waals surface area contributed by atoms with Crippen LogP contribution in [0.3, 0.4) is 0 Å². The van der Waals surface area contributed by atoms with E-state index < -0.39 is 11.9 Å². The van der Waals surface area contributed by atoms with Crippen LogP contribution in [0, 0.1) is 0 Å². The Bertz CT molecular complexity index is 1470. The number of rotatable bonds is 6. The van der Waals surface area contributed by atoms with E-state index in [1.54, 1.807) is 12.1 Å². The first-order valence-electron chi connectivity index (χ1n) is 10.4. The predicted octanol–water partition coefficient (Wildman–Crippen LogP) is 8.49. The Morgan fingerprint density at radius 3 is 1.83 bits per heavy atom. The van der Waals surface area contributed by atoms with Gasteiger partial charge in [0.1, 0.15) is 11.5 Å². The minimum Gasteiger partial charge on any atom is -0.423 e. The summed E-state index contributed by atoms with van der Waals surface area (Å²) in [6.45, 7) is 0. The van der Waals surface area contributed by atoms with Crippen LogP contribution in [0.5, 0.6) is 11.5 Å². The molecule has 0 saturated carbocycles. The molecule has 0 heterocycles. The Hall–Kier alpha value is -3.35. The van der Waals surface area contributed by atoms with Gasteiger partial charge in [0.15, 0.2) is 0 Å². The van der Waals surface area contributed by atoms with Crippen LogP contribution in [0.15, 0.2) is 89.9 Å². The average molecular weight is 559 g/mol. The van der Waals surface area contributed by atoms with Gasteiger partial charge in [-0.15, -0.1) is 0 Å². The number of hydrogen-bond donors (Lipinski definition) is 0. The first kappa shape index (κ1) is 25.7. The maximum Gasteiger partial charge on any atom is 0.345 e. The highest BCUT2D eigenvalue weighted by Crippen LogP contribution is 2.29. The van der Waals surface area contributed by atoms with Gasteiger partial charge in [0.2, 0.25) is 0 Å². The van der Waals surface area contributed by atoms with Gasteiger partial charge in [-0.2, -0.15) is 0 Å². The van der Waals surface area contributed by atoms with E-state index in [4.69, 9.17) is 55.9 Å². The number of esters is 2. The van der Waals surface area contributed by atoms with Crippen LogP contribution in [0.2, 0.25) is 20.1 Å². The number of para-hydroxylation sites is 1. The third-order valence-electron chi connectivity index (χ3n) is 4.81. The lowest BCUT2D eigenvalue weighted by Crippen LogP contribution is -2.12. The van der Waals surface area contributed by atoms with Gasteiger partial charge in [0.25, 0.3) is 0 Å². The first-order chi connectivity index (χ1) is 17.3. The van der Waals surface area contributed by atoms with Crippen molar-refractivity contribution in [2.24, 2.45) is 4.99 Å². The molecule has 0 aliphatic carbocycles. The van der Waals surface area contributed by atoms with Crippen molar-refractivity contribution in [3.8, 4) is 11.5 Å². The van der Waals surface area contributed by atoms with E-state index in [9.17, 15) is 9.59 Å². The van der Waals surface area contributed by atoms with Crippen LogP contribution in [0.1, 0.15) is 26.3 Å². The van der Waals surface area contributed by atoms with Crippen molar-refractivity contribution in [3.63, 3.8) is 0 Å². The molecule has 0 N–H and O–H groups in total. The molecule has 4 rings (SSSR count). The predicted molar refractivity (Wildman–Crippen MR) is 143 cm³/mol. The van der Waals surface area contributed by atoms with Crippen molar-refractivity contribution >= 4 is 70.2 Å². The van der Waals surface area contributed by atoms with Gasteiger partial charge in [-0.05, 0) is 60.7 Å². The van der Waals surface area contributed by atoms with E-state index in [1.807, 2.05) is 30.3 Å². The van der Waals surface area contributed by atoms with Crippen LogP contribution < -0.4 is 9.47 Å². The SMILES string of the molecule is O=C(Oc1ccc(C=Nc2ccccc2)c(OC(=O)c2ccc(Cl)cc2Cl)c1)c1ccc(Cl)cc1Cl. The number of halogens is 4. The Kier molecular flexibility index (Phi) is 8.28. The zero-order chi connectivity index (χ0) is 25.7. The minimum atomic E-state index is -0.727. The Labute approximate surface area is 226 Å². The van der Waals surface area contributed by atoms with E-state index in [0.717, 1.165) is 0 Å². The van der Waals surface area contributed by atoms with E-state index in [2.05, 4.69) is 4.99 Å². The summed E-state index contributed by atoms with van der Waals surface area (Å²) in [6, 6.07) is 22.6. The molecule has 0 bridgehead atoms. The summed E-state index contributed by atoms with van der Waals surface area (Å²) in [5.41, 5.74) is 1.40. The van der Waals surface area contributed by atoms with E-state index in [0.29, 0.717) is 21.3 Å². The van der Waals surface area contributed by atoms with E-state index >= 15 is 0 Å². The van der Waals surface area contributed by atoms with Gasteiger partial charge in [0.05, 0.1) is 26.9 Å². The summed E-state index contributed by atoms with van der Waals surface area (Å²) in [7, 11) is 0. The number of benzene rings is 4. The second kappa shape index (κ2) is 11.6. The summed E-state index contributed by atoms with van der Waals surface area (Å²) < 4.78 is 11.1. The quantitative estimate of drug-likeness (QED) is 0.135. The van der Waals surface area contributed by atoms with Gasteiger partial charge in [-0.3, -0.25) is 4.99 Å². The lowest BCUT2D eigenvalue weighted by Gasteiger charge is -2.11. The number of hydrogen-bond acceptors (Lipinski definition) is 5. The number of ether oxygens (including phenoxy) is 2. The van der Waals surface area contributed by atoms with Crippen molar-refractivity contribution < 1.29 is 19.1 Å². The maximum atomic E-state index is 12.9. The molecule has 5 nitrogen and oxygen atoms in total. The van der Waals surface area contributed by atoms with Crippen LogP contribution in [-0.4, -0.2) is 18.2 Å². The van der Waals surface area contributed by atoms with E-state index in [-0.39, 0.29) is 32.7 Å². The Balaban J connectivity index is 1.65. The maximum absolute atomic E-state index is 12.9. The van der Waals surface area contributed by atoms with Crippen LogP contribution >= 0.6 is 46.4 Å². The third kappa shape index (κ3) is 6.45. The third-order valence-corrected chi connectivity index (χ3v) is 5.90. The van der Waals surface area contributed by atoms with Gasteiger partial charge >= 0.3 is 11.9 Å². The van der Waals surface area contributed by atoms with Crippen molar-refractivity contribution in [1.82, 2.24) is 0 Å². The van der Waals surface area contributed by atoms with Crippen molar-refractivity contribution in [2.45, 2.75) is 0 Å². The molecular weight excluding hydrogens is 544 g/mol. The second-order valence-electron chi connectivity index (χ2n) is 7.32. The molecule has 9 heteroatoms. The highest BCUT2D eigenvalue weighted by Gasteiger charge is 2.18. The summed E-state index contributed by atoms with van der Waals surface area (Å²) in [5, 5.41) is 1.03. The first-order valence-corrected chi connectivity index (χ1v) is 11.9. The molecule has 0 saturated heterocycles. The topological polar surface area (TPSA) is 65.0 Å². The molecular formula is C27H15Cl4NO4. The fraction of sp³-hybridized carbons (Fsp3) is 0. The van der Waals surface area contributed by atoms with E-state index in [1.165, 1.54) is 48.7 Å². The molecule has 0 atom stereocenters. The minimum absolute atomic E-state index is 0.0956. The van der Waals surface area contributed by atoms with Crippen molar-refractivity contribution in [2.75, 3.05) is 0 Å². The standard InChI is InChI=1S/C27H15Cl4NO4/c28-17-7-10-21(23(30)12-17)26(33)35-20-9-6-16(15-32-19-4-2-1-3-5-19)25(14-20)36-27(34)22-11-8-18(29)13-24(22)31/h1-15H. The largest absolute Gasteiger partial charge is 0.423 e. The molecule has 0 aromatic heterocycles. The molecule has 0 fully saturated rings. The summed E-state index contributed by atoms with van der Waals surface area (Å²) in [4.78, 5) is 29.9. The lowest BCUT2D eigenvalue weighted by atomic mass is 10.2. The zero-order valence-electron chi connectivity index (χ0n) is 18.3. The average Bonchev–Trinajstić information content (AvgIpc) is 2.84. The molecule has 4 aromatic carbocycles. The second-order valence-corrected chi connectivity index (χ2v) is 9.01. The summed E-state index contributed by atoms with van der Waals surface area (Å²) in [5.74, 6) is -1.22. The number of aliphatic imine (C=N–C) groups is 1. The van der Waals surface area contributed by atoms with Gasteiger partial charge in [-0.1, -0.05) is 64.6 Å². The zero-order valence-corrected chi connectivity index (χ0v) is 21.3. The Morgan fingerprint density at radius 2 is 1.25 bits per heavy atom. The molecule has 0 aliphatic rings. The lowest BCUT2D eigenvalue weighted by molar-refractivity contribution is 0.0733. The van der Waals surface area contributed by atoms with Gasteiger partial charge < -0.3 is 9.47 Å².